The van der Waals surface area contributed by atoms with Crippen LogP contribution in [0.4, 0.5) is 0 Å². The highest BCUT2D eigenvalue weighted by atomic mass is 16.6. The van der Waals surface area contributed by atoms with Gasteiger partial charge in [0.05, 0.1) is 131 Å². The van der Waals surface area contributed by atoms with Crippen LogP contribution < -0.4 is 0 Å². The molecule has 0 spiro atoms. The van der Waals surface area contributed by atoms with Crippen molar-refractivity contribution in [3.8, 4) is 0 Å². The summed E-state index contributed by atoms with van der Waals surface area (Å²) in [6, 6.07) is 0. The first kappa shape index (κ1) is 37.0. The van der Waals surface area contributed by atoms with Crippen LogP contribution in [0.25, 0.3) is 0 Å². The fourth-order valence-corrected chi connectivity index (χ4v) is 4.69. The summed E-state index contributed by atoms with van der Waals surface area (Å²) in [5.41, 5.74) is -0.369. The third-order valence-corrected chi connectivity index (χ3v) is 7.01. The molecule has 0 aromatic heterocycles. The standard InChI is InChI=1S/C30H54O12/c1-30(26-27-3-4-28(30)25-27)29(31)42-24-23-41-22-21-40-20-19-39-18-17-38-16-15-37-14-13-36-12-11-35-10-9-34-8-7-33-6-5-32-2/h3-4,27-28H,5-26H2,1-2H3. The molecule has 2 rings (SSSR count). The van der Waals surface area contributed by atoms with Crippen LogP contribution in [0.2, 0.25) is 0 Å². The Morgan fingerprint density at radius 3 is 1.17 bits per heavy atom. The van der Waals surface area contributed by atoms with Crippen LogP contribution in [0.3, 0.4) is 0 Å². The third kappa shape index (κ3) is 17.2. The second-order valence-corrected chi connectivity index (χ2v) is 10.2. The summed E-state index contributed by atoms with van der Waals surface area (Å²) in [5, 5.41) is 0. The van der Waals surface area contributed by atoms with Gasteiger partial charge in [0, 0.05) is 7.11 Å². The lowest BCUT2D eigenvalue weighted by Gasteiger charge is -2.28. The zero-order valence-electron chi connectivity index (χ0n) is 25.8. The van der Waals surface area contributed by atoms with Crippen molar-refractivity contribution in [2.45, 2.75) is 19.8 Å². The Morgan fingerprint density at radius 2 is 0.881 bits per heavy atom. The van der Waals surface area contributed by atoms with Gasteiger partial charge >= 0.3 is 5.97 Å². The van der Waals surface area contributed by atoms with Gasteiger partial charge in [-0.15, -0.1) is 0 Å². The number of hydrogen-bond donors (Lipinski definition) is 0. The summed E-state index contributed by atoms with van der Waals surface area (Å²) in [6.07, 6.45) is 6.36. The molecule has 42 heavy (non-hydrogen) atoms. The van der Waals surface area contributed by atoms with Crippen molar-refractivity contribution in [1.29, 1.82) is 0 Å². The number of ether oxygens (including phenoxy) is 11. The first-order valence-corrected chi connectivity index (χ1v) is 15.2. The first-order chi connectivity index (χ1) is 20.7. The van der Waals surface area contributed by atoms with Crippen molar-refractivity contribution < 1.29 is 56.9 Å². The molecule has 12 nitrogen and oxygen atoms in total. The van der Waals surface area contributed by atoms with E-state index in [4.69, 9.17) is 52.1 Å². The van der Waals surface area contributed by atoms with Crippen molar-refractivity contribution in [2.24, 2.45) is 17.3 Å². The predicted octanol–water partition coefficient (Wildman–Crippen LogP) is 1.93. The Hall–Kier alpha value is -1.19. The van der Waals surface area contributed by atoms with Crippen LogP contribution in [0.5, 0.6) is 0 Å². The minimum atomic E-state index is -0.369. The van der Waals surface area contributed by atoms with Crippen molar-refractivity contribution in [1.82, 2.24) is 0 Å². The molecule has 1 fully saturated rings. The van der Waals surface area contributed by atoms with Crippen molar-refractivity contribution in [3.05, 3.63) is 12.2 Å². The van der Waals surface area contributed by atoms with E-state index in [1.807, 2.05) is 6.92 Å². The normalized spacial score (nSPS) is 21.0. The molecule has 3 unspecified atom stereocenters. The monoisotopic (exact) mass is 606 g/mol. The summed E-state index contributed by atoms with van der Waals surface area (Å²) in [7, 11) is 1.64. The van der Waals surface area contributed by atoms with Gasteiger partial charge in [-0.1, -0.05) is 12.2 Å². The Bertz CT molecular complexity index is 679. The molecule has 3 atom stereocenters. The molecular formula is C30H54O12. The predicted molar refractivity (Wildman–Crippen MR) is 154 cm³/mol. The maximum absolute atomic E-state index is 12.4. The quantitative estimate of drug-likeness (QED) is 0.0652. The van der Waals surface area contributed by atoms with Gasteiger partial charge in [-0.05, 0) is 31.6 Å². The molecule has 0 aliphatic heterocycles. The Labute approximate surface area is 251 Å². The number of esters is 1. The molecule has 0 heterocycles. The first-order valence-electron chi connectivity index (χ1n) is 15.2. The fourth-order valence-electron chi connectivity index (χ4n) is 4.69. The number of hydrogen-bond acceptors (Lipinski definition) is 12. The second kappa shape index (κ2) is 25.2. The molecule has 0 N–H and O–H groups in total. The van der Waals surface area contributed by atoms with E-state index in [0.717, 1.165) is 12.8 Å². The molecule has 0 amide bonds. The van der Waals surface area contributed by atoms with E-state index in [1.165, 1.54) is 0 Å². The molecule has 0 radical (unpaired) electrons. The molecule has 12 heteroatoms. The lowest BCUT2D eigenvalue weighted by Crippen LogP contribution is -2.34. The SMILES string of the molecule is COCCOCCOCCOCCOCCOCCOCCOCCOCCOCCOC(=O)C1(C)CC2C=CC1C2. The number of carbonyl (C=O) groups excluding carboxylic acids is 1. The minimum Gasteiger partial charge on any atom is -0.463 e. The molecule has 0 aromatic carbocycles. The van der Waals surface area contributed by atoms with E-state index in [9.17, 15) is 4.79 Å². The molecule has 0 saturated heterocycles. The van der Waals surface area contributed by atoms with Crippen molar-refractivity contribution in [2.75, 3.05) is 139 Å². The summed E-state index contributed by atoms with van der Waals surface area (Å²) in [4.78, 5) is 12.4. The average molecular weight is 607 g/mol. The molecule has 1 saturated carbocycles. The lowest BCUT2D eigenvalue weighted by molar-refractivity contribution is -0.158. The number of allylic oxidation sites excluding steroid dienone is 2. The Balaban J connectivity index is 1.17. The van der Waals surface area contributed by atoms with E-state index in [-0.39, 0.29) is 18.0 Å². The molecule has 2 aliphatic carbocycles. The van der Waals surface area contributed by atoms with Crippen molar-refractivity contribution in [3.63, 3.8) is 0 Å². The van der Waals surface area contributed by atoms with Gasteiger partial charge < -0.3 is 52.1 Å². The van der Waals surface area contributed by atoms with Crippen LogP contribution in [-0.2, 0) is 56.9 Å². The van der Waals surface area contributed by atoms with Gasteiger partial charge in [-0.3, -0.25) is 4.79 Å². The van der Waals surface area contributed by atoms with Crippen LogP contribution in [0, 0.1) is 17.3 Å². The zero-order valence-corrected chi connectivity index (χ0v) is 25.8. The van der Waals surface area contributed by atoms with Crippen LogP contribution >= 0.6 is 0 Å². The second-order valence-electron chi connectivity index (χ2n) is 10.2. The Kier molecular flexibility index (Phi) is 22.2. The number of carbonyl (C=O) groups is 1. The third-order valence-electron chi connectivity index (χ3n) is 7.01. The minimum absolute atomic E-state index is 0.106. The van der Waals surface area contributed by atoms with E-state index in [0.29, 0.717) is 137 Å². The van der Waals surface area contributed by atoms with Crippen LogP contribution in [0.1, 0.15) is 19.8 Å². The van der Waals surface area contributed by atoms with Gasteiger partial charge in [0.2, 0.25) is 0 Å². The van der Waals surface area contributed by atoms with Gasteiger partial charge in [0.1, 0.15) is 6.61 Å². The average Bonchev–Trinajstić information content (AvgIpc) is 3.59. The summed E-state index contributed by atoms with van der Waals surface area (Å²) >= 11 is 0. The van der Waals surface area contributed by atoms with E-state index >= 15 is 0 Å². The number of fused-ring (bicyclic) bond motifs is 2. The summed E-state index contributed by atoms with van der Waals surface area (Å²) in [5.74, 6) is 0.748. The van der Waals surface area contributed by atoms with Gasteiger partial charge in [-0.2, -0.15) is 0 Å². The maximum atomic E-state index is 12.4. The van der Waals surface area contributed by atoms with Gasteiger partial charge in [-0.25, -0.2) is 0 Å². The Morgan fingerprint density at radius 1 is 0.548 bits per heavy atom. The van der Waals surface area contributed by atoms with E-state index in [2.05, 4.69) is 12.2 Å². The van der Waals surface area contributed by atoms with Crippen molar-refractivity contribution >= 4 is 5.97 Å². The number of rotatable bonds is 31. The highest BCUT2D eigenvalue weighted by Gasteiger charge is 2.50. The lowest BCUT2D eigenvalue weighted by atomic mass is 9.78. The number of methoxy groups -OCH3 is 1. The molecule has 2 aliphatic rings. The van der Waals surface area contributed by atoms with E-state index < -0.39 is 0 Å². The largest absolute Gasteiger partial charge is 0.463 e. The molecule has 246 valence electrons. The maximum Gasteiger partial charge on any atom is 0.312 e. The summed E-state index contributed by atoms with van der Waals surface area (Å²) < 4.78 is 59.3. The van der Waals surface area contributed by atoms with Gasteiger partial charge in [0.15, 0.2) is 0 Å². The van der Waals surface area contributed by atoms with Gasteiger partial charge in [0.25, 0.3) is 0 Å². The van der Waals surface area contributed by atoms with E-state index in [1.54, 1.807) is 7.11 Å². The highest BCUT2D eigenvalue weighted by Crippen LogP contribution is 2.52. The molecular weight excluding hydrogens is 552 g/mol. The van der Waals surface area contributed by atoms with Crippen LogP contribution in [0.15, 0.2) is 12.2 Å². The smallest absolute Gasteiger partial charge is 0.312 e. The summed E-state index contributed by atoms with van der Waals surface area (Å²) in [6.45, 7) is 12.0. The fraction of sp³-hybridized carbons (Fsp3) is 0.900. The molecule has 0 aromatic rings. The van der Waals surface area contributed by atoms with Crippen LogP contribution in [-0.4, -0.2) is 145 Å². The topological polar surface area (TPSA) is 119 Å². The molecule has 2 bridgehead atoms. The zero-order chi connectivity index (χ0) is 30.0. The highest BCUT2D eigenvalue weighted by molar-refractivity contribution is 5.78.